The SMILES string of the molecule is O=C(Cn1cc(C=NNC(=O)c2cccc(Br)c2)c2ccccc21)Nc1ccc(F)cc1. The topological polar surface area (TPSA) is 75.5 Å². The maximum absolute atomic E-state index is 13.1. The number of hydrogen-bond acceptors (Lipinski definition) is 3. The Morgan fingerprint density at radius 2 is 1.81 bits per heavy atom. The Hall–Kier alpha value is -3.78. The van der Waals surface area contributed by atoms with Crippen LogP contribution in [0.2, 0.25) is 0 Å². The minimum absolute atomic E-state index is 0.0656. The second-order valence-electron chi connectivity index (χ2n) is 6.99. The van der Waals surface area contributed by atoms with Gasteiger partial charge in [-0.05, 0) is 48.5 Å². The number of fused-ring (bicyclic) bond motifs is 1. The first kappa shape index (κ1) is 21.5. The van der Waals surface area contributed by atoms with E-state index in [1.807, 2.05) is 30.3 Å². The molecule has 6 nitrogen and oxygen atoms in total. The van der Waals surface area contributed by atoms with Crippen molar-refractivity contribution in [2.45, 2.75) is 6.54 Å². The Bertz CT molecular complexity index is 1320. The van der Waals surface area contributed by atoms with Crippen LogP contribution >= 0.6 is 15.9 Å². The number of carbonyl (C=O) groups excluding carboxylic acids is 2. The molecule has 1 heterocycles. The van der Waals surface area contributed by atoms with E-state index in [1.165, 1.54) is 24.3 Å². The van der Waals surface area contributed by atoms with Crippen molar-refractivity contribution in [1.82, 2.24) is 9.99 Å². The molecule has 0 spiro atoms. The molecule has 0 aliphatic carbocycles. The van der Waals surface area contributed by atoms with E-state index in [4.69, 9.17) is 0 Å². The lowest BCUT2D eigenvalue weighted by molar-refractivity contribution is -0.116. The number of rotatable bonds is 6. The maximum atomic E-state index is 13.1. The third-order valence-corrected chi connectivity index (χ3v) is 5.21. The Balaban J connectivity index is 1.49. The number of hydrogen-bond donors (Lipinski definition) is 2. The molecule has 2 amide bonds. The molecule has 0 aliphatic rings. The van der Waals surface area contributed by atoms with Gasteiger partial charge in [-0.1, -0.05) is 40.2 Å². The Labute approximate surface area is 191 Å². The van der Waals surface area contributed by atoms with Gasteiger partial charge in [0.2, 0.25) is 5.91 Å². The van der Waals surface area contributed by atoms with Crippen LogP contribution in [0.25, 0.3) is 10.9 Å². The highest BCUT2D eigenvalue weighted by atomic mass is 79.9. The summed E-state index contributed by atoms with van der Waals surface area (Å²) in [7, 11) is 0. The number of anilines is 1. The van der Waals surface area contributed by atoms with Crippen molar-refractivity contribution >= 4 is 50.5 Å². The van der Waals surface area contributed by atoms with E-state index in [-0.39, 0.29) is 24.2 Å². The smallest absolute Gasteiger partial charge is 0.271 e. The molecular weight excluding hydrogens is 475 g/mol. The Morgan fingerprint density at radius 1 is 1.03 bits per heavy atom. The lowest BCUT2D eigenvalue weighted by Crippen LogP contribution is -2.18. The third kappa shape index (κ3) is 5.09. The van der Waals surface area contributed by atoms with E-state index in [0.717, 1.165) is 20.9 Å². The fourth-order valence-electron chi connectivity index (χ4n) is 3.25. The summed E-state index contributed by atoms with van der Waals surface area (Å²) < 4.78 is 15.7. The summed E-state index contributed by atoms with van der Waals surface area (Å²) in [5, 5.41) is 7.72. The lowest BCUT2D eigenvalue weighted by Gasteiger charge is -2.07. The van der Waals surface area contributed by atoms with Gasteiger partial charge in [-0.25, -0.2) is 9.82 Å². The molecule has 0 saturated carbocycles. The highest BCUT2D eigenvalue weighted by molar-refractivity contribution is 9.10. The van der Waals surface area contributed by atoms with Gasteiger partial charge in [-0.3, -0.25) is 9.59 Å². The predicted molar refractivity (Wildman–Crippen MR) is 126 cm³/mol. The molecule has 4 rings (SSSR count). The molecule has 2 N–H and O–H groups in total. The molecule has 0 saturated heterocycles. The molecular formula is C24H18BrFN4O2. The summed E-state index contributed by atoms with van der Waals surface area (Å²) in [6.07, 6.45) is 3.34. The molecule has 0 fully saturated rings. The number of hydrazone groups is 1. The van der Waals surface area contributed by atoms with E-state index in [9.17, 15) is 14.0 Å². The molecule has 0 bridgehead atoms. The van der Waals surface area contributed by atoms with Gasteiger partial charge in [0.25, 0.3) is 5.91 Å². The van der Waals surface area contributed by atoms with Gasteiger partial charge in [0, 0.05) is 38.4 Å². The van der Waals surface area contributed by atoms with E-state index in [1.54, 1.807) is 35.2 Å². The molecule has 8 heteroatoms. The molecule has 0 radical (unpaired) electrons. The maximum Gasteiger partial charge on any atom is 0.271 e. The van der Waals surface area contributed by atoms with Crippen molar-refractivity contribution < 1.29 is 14.0 Å². The molecule has 1 aromatic heterocycles. The van der Waals surface area contributed by atoms with Gasteiger partial charge >= 0.3 is 0 Å². The predicted octanol–water partition coefficient (Wildman–Crippen LogP) is 4.95. The fourth-order valence-corrected chi connectivity index (χ4v) is 3.65. The number of amides is 2. The van der Waals surface area contributed by atoms with Gasteiger partial charge < -0.3 is 9.88 Å². The summed E-state index contributed by atoms with van der Waals surface area (Å²) in [4.78, 5) is 24.8. The van der Waals surface area contributed by atoms with Crippen molar-refractivity contribution in [3.63, 3.8) is 0 Å². The van der Waals surface area contributed by atoms with Crippen LogP contribution < -0.4 is 10.7 Å². The lowest BCUT2D eigenvalue weighted by atomic mass is 10.2. The van der Waals surface area contributed by atoms with Crippen molar-refractivity contribution in [3.8, 4) is 0 Å². The normalized spacial score (nSPS) is 11.1. The van der Waals surface area contributed by atoms with Gasteiger partial charge in [-0.15, -0.1) is 0 Å². The third-order valence-electron chi connectivity index (χ3n) is 4.72. The highest BCUT2D eigenvalue weighted by Gasteiger charge is 2.11. The molecule has 0 aliphatic heterocycles. The van der Waals surface area contributed by atoms with Crippen LogP contribution in [0, 0.1) is 5.82 Å². The number of para-hydroxylation sites is 1. The second-order valence-corrected chi connectivity index (χ2v) is 7.91. The molecule has 0 atom stereocenters. The first-order valence-electron chi connectivity index (χ1n) is 9.72. The largest absolute Gasteiger partial charge is 0.337 e. The zero-order chi connectivity index (χ0) is 22.5. The van der Waals surface area contributed by atoms with Crippen LogP contribution in [0.15, 0.2) is 88.6 Å². The Morgan fingerprint density at radius 3 is 2.59 bits per heavy atom. The van der Waals surface area contributed by atoms with Crippen LogP contribution in [0.1, 0.15) is 15.9 Å². The summed E-state index contributed by atoms with van der Waals surface area (Å²) in [6.45, 7) is 0.0656. The summed E-state index contributed by atoms with van der Waals surface area (Å²) >= 11 is 3.34. The zero-order valence-electron chi connectivity index (χ0n) is 16.8. The van der Waals surface area contributed by atoms with E-state index >= 15 is 0 Å². The van der Waals surface area contributed by atoms with Crippen LogP contribution in [0.4, 0.5) is 10.1 Å². The standard InChI is InChI=1S/C24H18BrFN4O2/c25-18-5-3-4-16(12-18)24(32)29-27-13-17-14-30(22-7-2-1-6-21(17)22)15-23(31)28-20-10-8-19(26)9-11-20/h1-14H,15H2,(H,28,31)(H,29,32). The fraction of sp³-hybridized carbons (Fsp3) is 0.0417. The minimum atomic E-state index is -0.365. The van der Waals surface area contributed by atoms with Crippen LogP contribution in [-0.4, -0.2) is 22.6 Å². The van der Waals surface area contributed by atoms with Crippen molar-refractivity contribution in [2.75, 3.05) is 5.32 Å². The van der Waals surface area contributed by atoms with Gasteiger partial charge in [-0.2, -0.15) is 5.10 Å². The van der Waals surface area contributed by atoms with E-state index in [2.05, 4.69) is 31.8 Å². The van der Waals surface area contributed by atoms with E-state index < -0.39 is 0 Å². The van der Waals surface area contributed by atoms with Crippen molar-refractivity contribution in [3.05, 3.63) is 100 Å². The monoisotopic (exact) mass is 492 g/mol. The number of aromatic nitrogens is 1. The average Bonchev–Trinajstić information content (AvgIpc) is 3.12. The quantitative estimate of drug-likeness (QED) is 0.295. The summed E-state index contributed by atoms with van der Waals surface area (Å²) in [5.41, 5.74) is 5.12. The number of halogens is 2. The molecule has 32 heavy (non-hydrogen) atoms. The van der Waals surface area contributed by atoms with Gasteiger partial charge in [0.1, 0.15) is 12.4 Å². The summed E-state index contributed by atoms with van der Waals surface area (Å²) in [5.74, 6) is -0.941. The van der Waals surface area contributed by atoms with Crippen molar-refractivity contribution in [2.24, 2.45) is 5.10 Å². The molecule has 160 valence electrons. The molecule has 3 aromatic carbocycles. The highest BCUT2D eigenvalue weighted by Crippen LogP contribution is 2.20. The van der Waals surface area contributed by atoms with E-state index in [0.29, 0.717) is 11.3 Å². The minimum Gasteiger partial charge on any atom is -0.337 e. The number of carbonyl (C=O) groups is 2. The van der Waals surface area contributed by atoms with Crippen molar-refractivity contribution in [1.29, 1.82) is 0 Å². The molecule has 4 aromatic rings. The first-order chi connectivity index (χ1) is 15.5. The number of nitrogens with zero attached hydrogens (tertiary/aromatic N) is 2. The van der Waals surface area contributed by atoms with Crippen LogP contribution in [0.5, 0.6) is 0 Å². The van der Waals surface area contributed by atoms with Gasteiger partial charge in [0.05, 0.1) is 6.21 Å². The molecule has 0 unspecified atom stereocenters. The van der Waals surface area contributed by atoms with Crippen LogP contribution in [0.3, 0.4) is 0 Å². The van der Waals surface area contributed by atoms with Gasteiger partial charge in [0.15, 0.2) is 0 Å². The second kappa shape index (κ2) is 9.57. The first-order valence-corrected chi connectivity index (χ1v) is 10.5. The number of benzene rings is 3. The summed E-state index contributed by atoms with van der Waals surface area (Å²) in [6, 6.07) is 20.2. The zero-order valence-corrected chi connectivity index (χ0v) is 18.3. The number of nitrogens with one attached hydrogen (secondary N) is 2. The van der Waals surface area contributed by atoms with Crippen LogP contribution in [-0.2, 0) is 11.3 Å². The average molecular weight is 493 g/mol. The Kier molecular flexibility index (Phi) is 6.42.